The standard InChI is InChI=1S/C13H16Cl2N2O2/c1-13(2,12(16)18)17-10-3-4-19-11-8(10)5-7(14)6-9(11)15/h5-6,10,17H,3-4H2,1-2H3,(H2,16,18). The largest absolute Gasteiger partial charge is 0.492 e. The van der Waals surface area contributed by atoms with Gasteiger partial charge in [0.2, 0.25) is 5.91 Å². The van der Waals surface area contributed by atoms with Crippen molar-refractivity contribution in [2.75, 3.05) is 6.61 Å². The number of fused-ring (bicyclic) bond motifs is 1. The van der Waals surface area contributed by atoms with Gasteiger partial charge >= 0.3 is 0 Å². The van der Waals surface area contributed by atoms with Crippen LogP contribution in [0.2, 0.25) is 10.0 Å². The molecule has 0 saturated heterocycles. The van der Waals surface area contributed by atoms with Crippen molar-refractivity contribution >= 4 is 29.1 Å². The average Bonchev–Trinajstić information content (AvgIpc) is 2.29. The van der Waals surface area contributed by atoms with Gasteiger partial charge < -0.3 is 10.5 Å². The lowest BCUT2D eigenvalue weighted by atomic mass is 9.95. The summed E-state index contributed by atoms with van der Waals surface area (Å²) in [5.41, 5.74) is 5.43. The summed E-state index contributed by atoms with van der Waals surface area (Å²) in [5.74, 6) is 0.212. The Morgan fingerprint density at radius 2 is 2.16 bits per heavy atom. The van der Waals surface area contributed by atoms with Gasteiger partial charge in [0.05, 0.1) is 17.2 Å². The van der Waals surface area contributed by atoms with Gasteiger partial charge in [-0.2, -0.15) is 0 Å². The van der Waals surface area contributed by atoms with Gasteiger partial charge in [-0.05, 0) is 26.0 Å². The summed E-state index contributed by atoms with van der Waals surface area (Å²) in [4.78, 5) is 11.4. The fourth-order valence-electron chi connectivity index (χ4n) is 2.08. The van der Waals surface area contributed by atoms with E-state index in [0.717, 1.165) is 12.0 Å². The van der Waals surface area contributed by atoms with Crippen LogP contribution in [-0.2, 0) is 4.79 Å². The van der Waals surface area contributed by atoms with E-state index >= 15 is 0 Å². The molecule has 1 heterocycles. The van der Waals surface area contributed by atoms with Crippen LogP contribution in [0, 0.1) is 0 Å². The maximum atomic E-state index is 11.4. The third-order valence-corrected chi connectivity index (χ3v) is 3.72. The molecule has 1 aliphatic heterocycles. The van der Waals surface area contributed by atoms with Crippen LogP contribution >= 0.6 is 23.2 Å². The topological polar surface area (TPSA) is 64.3 Å². The number of rotatable bonds is 3. The molecule has 1 aromatic carbocycles. The fraction of sp³-hybridized carbons (Fsp3) is 0.462. The lowest BCUT2D eigenvalue weighted by molar-refractivity contribution is -0.123. The summed E-state index contributed by atoms with van der Waals surface area (Å²) in [6, 6.07) is 3.38. The van der Waals surface area contributed by atoms with Crippen molar-refractivity contribution in [2.24, 2.45) is 5.73 Å². The molecule has 104 valence electrons. The minimum atomic E-state index is -0.811. The molecule has 0 fully saturated rings. The highest BCUT2D eigenvalue weighted by atomic mass is 35.5. The number of primary amides is 1. The normalized spacial score (nSPS) is 18.6. The van der Waals surface area contributed by atoms with Crippen LogP contribution in [0.5, 0.6) is 5.75 Å². The number of amides is 1. The van der Waals surface area contributed by atoms with E-state index in [0.29, 0.717) is 22.4 Å². The number of benzene rings is 1. The van der Waals surface area contributed by atoms with Crippen molar-refractivity contribution in [1.82, 2.24) is 5.32 Å². The molecule has 2 rings (SSSR count). The quantitative estimate of drug-likeness (QED) is 0.902. The molecule has 6 heteroatoms. The highest BCUT2D eigenvalue weighted by Gasteiger charge is 2.32. The maximum absolute atomic E-state index is 11.4. The smallest absolute Gasteiger partial charge is 0.237 e. The van der Waals surface area contributed by atoms with Crippen molar-refractivity contribution in [3.63, 3.8) is 0 Å². The Morgan fingerprint density at radius 1 is 1.47 bits per heavy atom. The predicted molar refractivity (Wildman–Crippen MR) is 75.7 cm³/mol. The van der Waals surface area contributed by atoms with E-state index in [1.54, 1.807) is 26.0 Å². The van der Waals surface area contributed by atoms with Crippen LogP contribution < -0.4 is 15.8 Å². The van der Waals surface area contributed by atoms with E-state index in [-0.39, 0.29) is 6.04 Å². The average molecular weight is 303 g/mol. The Kier molecular flexibility index (Phi) is 3.95. The number of carbonyl (C=O) groups is 1. The number of hydrogen-bond acceptors (Lipinski definition) is 3. The summed E-state index contributed by atoms with van der Waals surface area (Å²) in [6.45, 7) is 4.02. The second-order valence-corrected chi connectivity index (χ2v) is 5.97. The summed E-state index contributed by atoms with van der Waals surface area (Å²) in [7, 11) is 0. The predicted octanol–water partition coefficient (Wildman–Crippen LogP) is 2.67. The Bertz CT molecular complexity index is 518. The molecule has 0 saturated carbocycles. The van der Waals surface area contributed by atoms with E-state index in [4.69, 9.17) is 33.7 Å². The summed E-state index contributed by atoms with van der Waals surface area (Å²) in [5, 5.41) is 4.25. The second-order valence-electron chi connectivity index (χ2n) is 5.13. The zero-order valence-corrected chi connectivity index (χ0v) is 12.3. The zero-order chi connectivity index (χ0) is 14.2. The van der Waals surface area contributed by atoms with E-state index in [1.165, 1.54) is 0 Å². The third-order valence-electron chi connectivity index (χ3n) is 3.22. The van der Waals surface area contributed by atoms with Crippen LogP contribution in [0.15, 0.2) is 12.1 Å². The molecular weight excluding hydrogens is 287 g/mol. The number of carbonyl (C=O) groups excluding carboxylic acids is 1. The molecule has 1 atom stereocenters. The molecular formula is C13H16Cl2N2O2. The summed E-state index contributed by atoms with van der Waals surface area (Å²) >= 11 is 12.1. The maximum Gasteiger partial charge on any atom is 0.237 e. The Labute approximate surface area is 122 Å². The van der Waals surface area contributed by atoms with Gasteiger partial charge in [0, 0.05) is 23.0 Å². The Morgan fingerprint density at radius 3 is 2.79 bits per heavy atom. The molecule has 3 N–H and O–H groups in total. The minimum Gasteiger partial charge on any atom is -0.492 e. The van der Waals surface area contributed by atoms with Gasteiger partial charge in [-0.15, -0.1) is 0 Å². The lowest BCUT2D eigenvalue weighted by Gasteiger charge is -2.33. The van der Waals surface area contributed by atoms with Crippen molar-refractivity contribution in [1.29, 1.82) is 0 Å². The van der Waals surface area contributed by atoms with Crippen LogP contribution in [0.3, 0.4) is 0 Å². The first-order valence-electron chi connectivity index (χ1n) is 6.00. The van der Waals surface area contributed by atoms with Crippen LogP contribution in [0.25, 0.3) is 0 Å². The van der Waals surface area contributed by atoms with Crippen LogP contribution in [0.1, 0.15) is 31.9 Å². The molecule has 0 radical (unpaired) electrons. The molecule has 1 amide bonds. The van der Waals surface area contributed by atoms with Gasteiger partial charge in [0.25, 0.3) is 0 Å². The van der Waals surface area contributed by atoms with Crippen LogP contribution in [-0.4, -0.2) is 18.1 Å². The number of halogens is 2. The van der Waals surface area contributed by atoms with E-state index in [1.807, 2.05) is 0 Å². The number of hydrogen-bond donors (Lipinski definition) is 2. The highest BCUT2D eigenvalue weighted by molar-refractivity contribution is 6.35. The highest BCUT2D eigenvalue weighted by Crippen LogP contribution is 2.40. The molecule has 1 aliphatic rings. The van der Waals surface area contributed by atoms with Gasteiger partial charge in [-0.25, -0.2) is 0 Å². The summed E-state index contributed by atoms with van der Waals surface area (Å²) in [6.07, 6.45) is 0.723. The van der Waals surface area contributed by atoms with Crippen molar-refractivity contribution in [3.8, 4) is 5.75 Å². The molecule has 1 aromatic rings. The van der Waals surface area contributed by atoms with Gasteiger partial charge in [0.1, 0.15) is 5.75 Å². The lowest BCUT2D eigenvalue weighted by Crippen LogP contribution is -2.52. The van der Waals surface area contributed by atoms with Gasteiger partial charge in [-0.1, -0.05) is 23.2 Å². The number of nitrogens with two attached hydrogens (primary N) is 1. The van der Waals surface area contributed by atoms with E-state index < -0.39 is 11.4 Å². The van der Waals surface area contributed by atoms with Crippen molar-refractivity contribution < 1.29 is 9.53 Å². The molecule has 0 aliphatic carbocycles. The minimum absolute atomic E-state index is 0.0672. The Hall–Kier alpha value is -0.970. The zero-order valence-electron chi connectivity index (χ0n) is 10.8. The molecule has 1 unspecified atom stereocenters. The van der Waals surface area contributed by atoms with Crippen LogP contribution in [0.4, 0.5) is 0 Å². The Balaban J connectivity index is 2.35. The monoisotopic (exact) mass is 302 g/mol. The SMILES string of the molecule is CC(C)(NC1CCOc2c(Cl)cc(Cl)cc21)C(N)=O. The first-order valence-corrected chi connectivity index (χ1v) is 6.76. The fourth-order valence-corrected chi connectivity index (χ4v) is 2.65. The van der Waals surface area contributed by atoms with Gasteiger partial charge in [0.15, 0.2) is 0 Å². The number of nitrogens with one attached hydrogen (secondary N) is 1. The molecule has 4 nitrogen and oxygen atoms in total. The summed E-state index contributed by atoms with van der Waals surface area (Å²) < 4.78 is 5.57. The first kappa shape index (κ1) is 14.4. The first-order chi connectivity index (χ1) is 8.81. The molecule has 0 bridgehead atoms. The number of ether oxygens (including phenoxy) is 1. The van der Waals surface area contributed by atoms with Gasteiger partial charge in [-0.3, -0.25) is 10.1 Å². The third kappa shape index (κ3) is 2.96. The molecule has 19 heavy (non-hydrogen) atoms. The second kappa shape index (κ2) is 5.19. The van der Waals surface area contributed by atoms with E-state index in [9.17, 15) is 4.79 Å². The molecule has 0 aromatic heterocycles. The van der Waals surface area contributed by atoms with Crippen molar-refractivity contribution in [3.05, 3.63) is 27.7 Å². The van der Waals surface area contributed by atoms with Crippen molar-refractivity contribution in [2.45, 2.75) is 31.8 Å². The molecule has 0 spiro atoms. The van der Waals surface area contributed by atoms with E-state index in [2.05, 4.69) is 5.32 Å².